The maximum Gasteiger partial charge on any atom is 0.127 e. The van der Waals surface area contributed by atoms with Crippen molar-refractivity contribution in [3.8, 4) is 28.0 Å². The monoisotopic (exact) mass is 287 g/mol. The predicted octanol–water partition coefficient (Wildman–Crippen LogP) is 5.11. The molecule has 1 aliphatic rings. The fourth-order valence-corrected chi connectivity index (χ4v) is 3.30. The lowest BCUT2D eigenvalue weighted by Crippen LogP contribution is -2.09. The number of rotatable bonds is 1. The molecule has 0 aliphatic carbocycles. The van der Waals surface area contributed by atoms with Gasteiger partial charge in [0.15, 0.2) is 0 Å². The number of para-hydroxylation sites is 2. The molecule has 2 nitrogen and oxygen atoms in total. The summed E-state index contributed by atoms with van der Waals surface area (Å²) in [6, 6.07) is 23.3. The van der Waals surface area contributed by atoms with Gasteiger partial charge in [0, 0.05) is 35.1 Å². The minimum Gasteiger partial charge on any atom is -0.496 e. The van der Waals surface area contributed by atoms with E-state index < -0.39 is 0 Å². The maximum atomic E-state index is 5.66. The quantitative estimate of drug-likeness (QED) is 0.616. The zero-order chi connectivity index (χ0) is 15.1. The summed E-state index contributed by atoms with van der Waals surface area (Å²) in [5.74, 6) is 0.912. The van der Waals surface area contributed by atoms with Gasteiger partial charge in [0.05, 0.1) is 7.11 Å². The van der Waals surface area contributed by atoms with Crippen molar-refractivity contribution >= 4 is 11.4 Å². The van der Waals surface area contributed by atoms with Crippen LogP contribution in [-0.2, 0) is 0 Å². The molecule has 0 unspecified atom stereocenters. The summed E-state index contributed by atoms with van der Waals surface area (Å²) in [6.07, 6.45) is 0. The van der Waals surface area contributed by atoms with Gasteiger partial charge in [0.1, 0.15) is 5.75 Å². The fourth-order valence-electron chi connectivity index (χ4n) is 3.30. The van der Waals surface area contributed by atoms with E-state index in [1.807, 2.05) is 6.07 Å². The third-order valence-electron chi connectivity index (χ3n) is 4.34. The zero-order valence-electron chi connectivity index (χ0n) is 12.7. The SMILES string of the molecule is COc1cccc2c1-c1ccccc1N(C)c1ccccc1-2. The molecule has 0 radical (unpaired) electrons. The van der Waals surface area contributed by atoms with Crippen LogP contribution in [0.4, 0.5) is 11.4 Å². The van der Waals surface area contributed by atoms with Crippen LogP contribution in [0.5, 0.6) is 5.75 Å². The standard InChI is InChI=1S/C20H17NO/c1-21-17-11-5-3-8-14(17)15-10-7-13-19(22-2)20(15)16-9-4-6-12-18(16)21/h3-13H,1-2H3. The Hall–Kier alpha value is -2.74. The molecule has 22 heavy (non-hydrogen) atoms. The maximum absolute atomic E-state index is 5.66. The highest BCUT2D eigenvalue weighted by Gasteiger charge is 2.24. The Bertz CT molecular complexity index is 854. The van der Waals surface area contributed by atoms with Gasteiger partial charge >= 0.3 is 0 Å². The Kier molecular flexibility index (Phi) is 2.90. The number of benzene rings is 3. The van der Waals surface area contributed by atoms with Crippen molar-refractivity contribution in [3.63, 3.8) is 0 Å². The van der Waals surface area contributed by atoms with E-state index in [1.165, 1.54) is 28.1 Å². The van der Waals surface area contributed by atoms with Crippen molar-refractivity contribution in [2.45, 2.75) is 0 Å². The van der Waals surface area contributed by atoms with Crippen molar-refractivity contribution in [1.29, 1.82) is 0 Å². The first-order valence-corrected chi connectivity index (χ1v) is 7.41. The van der Waals surface area contributed by atoms with Gasteiger partial charge in [-0.05, 0) is 23.8 Å². The number of fused-ring (bicyclic) bond motifs is 5. The van der Waals surface area contributed by atoms with E-state index in [0.29, 0.717) is 0 Å². The van der Waals surface area contributed by atoms with Gasteiger partial charge in [0.2, 0.25) is 0 Å². The molecule has 3 aromatic carbocycles. The molecule has 1 aliphatic heterocycles. The Morgan fingerprint density at radius 3 is 2.00 bits per heavy atom. The molecule has 0 N–H and O–H groups in total. The number of methoxy groups -OCH3 is 1. The minimum absolute atomic E-state index is 0.912. The van der Waals surface area contributed by atoms with E-state index in [4.69, 9.17) is 4.74 Å². The minimum atomic E-state index is 0.912. The molecule has 0 spiro atoms. The van der Waals surface area contributed by atoms with E-state index in [1.54, 1.807) is 7.11 Å². The Balaban J connectivity index is 2.18. The lowest BCUT2D eigenvalue weighted by Gasteiger charge is -2.21. The highest BCUT2D eigenvalue weighted by atomic mass is 16.5. The lowest BCUT2D eigenvalue weighted by molar-refractivity contribution is 0.416. The molecule has 0 saturated carbocycles. The second-order valence-corrected chi connectivity index (χ2v) is 5.48. The smallest absolute Gasteiger partial charge is 0.127 e. The average Bonchev–Trinajstić information content (AvgIpc) is 2.70. The highest BCUT2D eigenvalue weighted by Crippen LogP contribution is 2.49. The molecule has 1 heterocycles. The Morgan fingerprint density at radius 2 is 1.27 bits per heavy atom. The Labute approximate surface area is 130 Å². The molecule has 0 amide bonds. The number of ether oxygens (including phenoxy) is 1. The molecule has 0 fully saturated rings. The summed E-state index contributed by atoms with van der Waals surface area (Å²) in [7, 11) is 3.86. The van der Waals surface area contributed by atoms with E-state index in [-0.39, 0.29) is 0 Å². The van der Waals surface area contributed by atoms with Crippen LogP contribution in [-0.4, -0.2) is 14.2 Å². The number of hydrogen-bond acceptors (Lipinski definition) is 2. The average molecular weight is 287 g/mol. The van der Waals surface area contributed by atoms with Gasteiger partial charge in [-0.3, -0.25) is 0 Å². The number of anilines is 2. The third kappa shape index (κ3) is 1.74. The van der Waals surface area contributed by atoms with E-state index >= 15 is 0 Å². The second kappa shape index (κ2) is 4.92. The molecular weight excluding hydrogens is 270 g/mol. The Morgan fingerprint density at radius 1 is 0.682 bits per heavy atom. The summed E-state index contributed by atoms with van der Waals surface area (Å²) in [6.45, 7) is 0. The van der Waals surface area contributed by atoms with Crippen molar-refractivity contribution in [2.24, 2.45) is 0 Å². The molecule has 3 aromatic rings. The van der Waals surface area contributed by atoms with Crippen LogP contribution in [0.15, 0.2) is 66.7 Å². The molecule has 0 bridgehead atoms. The first kappa shape index (κ1) is 13.0. The van der Waals surface area contributed by atoms with E-state index in [2.05, 4.69) is 72.6 Å². The van der Waals surface area contributed by atoms with Crippen LogP contribution in [0.25, 0.3) is 22.3 Å². The van der Waals surface area contributed by atoms with Gasteiger partial charge in [-0.2, -0.15) is 0 Å². The van der Waals surface area contributed by atoms with Gasteiger partial charge < -0.3 is 9.64 Å². The van der Waals surface area contributed by atoms with Crippen LogP contribution < -0.4 is 9.64 Å². The number of hydrogen-bond donors (Lipinski definition) is 0. The number of nitrogens with zero attached hydrogens (tertiary/aromatic N) is 1. The highest BCUT2D eigenvalue weighted by molar-refractivity contribution is 6.01. The third-order valence-corrected chi connectivity index (χ3v) is 4.34. The molecule has 0 aromatic heterocycles. The van der Waals surface area contributed by atoms with Crippen LogP contribution in [0, 0.1) is 0 Å². The van der Waals surface area contributed by atoms with Crippen molar-refractivity contribution in [2.75, 3.05) is 19.1 Å². The molecule has 2 heteroatoms. The zero-order valence-corrected chi connectivity index (χ0v) is 12.7. The van der Waals surface area contributed by atoms with E-state index in [0.717, 1.165) is 11.3 Å². The summed E-state index contributed by atoms with van der Waals surface area (Å²) in [5, 5.41) is 0. The summed E-state index contributed by atoms with van der Waals surface area (Å²) < 4.78 is 5.66. The van der Waals surface area contributed by atoms with E-state index in [9.17, 15) is 0 Å². The molecule has 0 atom stereocenters. The predicted molar refractivity (Wildman–Crippen MR) is 91.9 cm³/mol. The molecule has 4 rings (SSSR count). The largest absolute Gasteiger partial charge is 0.496 e. The van der Waals surface area contributed by atoms with Gasteiger partial charge in [0.25, 0.3) is 0 Å². The van der Waals surface area contributed by atoms with Gasteiger partial charge in [-0.25, -0.2) is 0 Å². The molecular formula is C20H17NO. The topological polar surface area (TPSA) is 12.5 Å². The lowest BCUT2D eigenvalue weighted by atomic mass is 9.94. The fraction of sp³-hybridized carbons (Fsp3) is 0.100. The summed E-state index contributed by atoms with van der Waals surface area (Å²) in [4.78, 5) is 2.25. The van der Waals surface area contributed by atoms with Gasteiger partial charge in [-0.15, -0.1) is 0 Å². The van der Waals surface area contributed by atoms with Crippen LogP contribution in [0.2, 0.25) is 0 Å². The summed E-state index contributed by atoms with van der Waals surface area (Å²) in [5.41, 5.74) is 7.22. The van der Waals surface area contributed by atoms with Gasteiger partial charge in [-0.1, -0.05) is 48.5 Å². The molecule has 108 valence electrons. The normalized spacial score (nSPS) is 12.0. The van der Waals surface area contributed by atoms with Crippen molar-refractivity contribution < 1.29 is 4.74 Å². The molecule has 0 saturated heterocycles. The first-order chi connectivity index (χ1) is 10.8. The first-order valence-electron chi connectivity index (χ1n) is 7.41. The van der Waals surface area contributed by atoms with Crippen LogP contribution >= 0.6 is 0 Å². The van der Waals surface area contributed by atoms with Crippen molar-refractivity contribution in [3.05, 3.63) is 66.7 Å². The second-order valence-electron chi connectivity index (χ2n) is 5.48. The summed E-state index contributed by atoms with van der Waals surface area (Å²) >= 11 is 0. The van der Waals surface area contributed by atoms with Crippen LogP contribution in [0.3, 0.4) is 0 Å². The van der Waals surface area contributed by atoms with Crippen molar-refractivity contribution in [1.82, 2.24) is 0 Å². The van der Waals surface area contributed by atoms with Crippen LogP contribution in [0.1, 0.15) is 0 Å².